The first-order chi connectivity index (χ1) is 6.48. The molecule has 0 amide bonds. The molecular formula is C8H10F3N3. The standard InChI is InChI=1S/C8H10F3N3/c9-8(10,11)5-2-1-3-14-4-6(12)13-7(5)14/h4-5H,1-3,12H2/t5-/m0/s1. The van der Waals surface area contributed by atoms with Crippen molar-refractivity contribution in [2.45, 2.75) is 31.5 Å². The van der Waals surface area contributed by atoms with E-state index in [9.17, 15) is 13.2 Å². The van der Waals surface area contributed by atoms with E-state index >= 15 is 0 Å². The molecule has 0 saturated heterocycles. The first-order valence-electron chi connectivity index (χ1n) is 4.38. The average molecular weight is 205 g/mol. The summed E-state index contributed by atoms with van der Waals surface area (Å²) in [5, 5.41) is 0. The molecule has 1 atom stereocenters. The Morgan fingerprint density at radius 3 is 2.86 bits per heavy atom. The minimum atomic E-state index is -4.21. The van der Waals surface area contributed by atoms with Gasteiger partial charge in [0.1, 0.15) is 17.6 Å². The van der Waals surface area contributed by atoms with Gasteiger partial charge in [-0.1, -0.05) is 0 Å². The summed E-state index contributed by atoms with van der Waals surface area (Å²) in [6, 6.07) is 0. The van der Waals surface area contributed by atoms with Gasteiger partial charge in [-0.25, -0.2) is 4.98 Å². The molecule has 0 bridgehead atoms. The molecule has 0 aliphatic carbocycles. The van der Waals surface area contributed by atoms with Gasteiger partial charge in [0.15, 0.2) is 0 Å². The summed E-state index contributed by atoms with van der Waals surface area (Å²) in [6.45, 7) is 0.576. The summed E-state index contributed by atoms with van der Waals surface area (Å²) in [7, 11) is 0. The Morgan fingerprint density at radius 1 is 1.50 bits per heavy atom. The van der Waals surface area contributed by atoms with Gasteiger partial charge >= 0.3 is 6.18 Å². The van der Waals surface area contributed by atoms with E-state index in [1.54, 1.807) is 0 Å². The van der Waals surface area contributed by atoms with Gasteiger partial charge in [0, 0.05) is 12.7 Å². The summed E-state index contributed by atoms with van der Waals surface area (Å²) >= 11 is 0. The van der Waals surface area contributed by atoms with Gasteiger partial charge in [0.25, 0.3) is 0 Å². The van der Waals surface area contributed by atoms with Crippen molar-refractivity contribution in [2.24, 2.45) is 0 Å². The normalized spacial score (nSPS) is 22.1. The summed E-state index contributed by atoms with van der Waals surface area (Å²) in [4.78, 5) is 3.72. The average Bonchev–Trinajstić information content (AvgIpc) is 2.41. The number of fused-ring (bicyclic) bond motifs is 1. The maximum atomic E-state index is 12.5. The van der Waals surface area contributed by atoms with Crippen molar-refractivity contribution in [3.8, 4) is 0 Å². The maximum absolute atomic E-state index is 12.5. The van der Waals surface area contributed by atoms with Gasteiger partial charge in [-0.2, -0.15) is 13.2 Å². The molecule has 1 aromatic rings. The number of aryl methyl sites for hydroxylation is 1. The van der Waals surface area contributed by atoms with Crippen LogP contribution in [0.5, 0.6) is 0 Å². The fourth-order valence-corrected chi connectivity index (χ4v) is 1.81. The van der Waals surface area contributed by atoms with Crippen molar-refractivity contribution in [2.75, 3.05) is 5.73 Å². The van der Waals surface area contributed by atoms with E-state index in [-0.39, 0.29) is 18.1 Å². The smallest absolute Gasteiger partial charge is 0.382 e. The second-order valence-electron chi connectivity index (χ2n) is 3.45. The second-order valence-corrected chi connectivity index (χ2v) is 3.45. The monoisotopic (exact) mass is 205 g/mol. The molecule has 0 radical (unpaired) electrons. The quantitative estimate of drug-likeness (QED) is 0.703. The van der Waals surface area contributed by atoms with Crippen LogP contribution < -0.4 is 5.73 Å². The molecule has 0 spiro atoms. The van der Waals surface area contributed by atoms with Gasteiger partial charge < -0.3 is 10.3 Å². The zero-order chi connectivity index (χ0) is 10.3. The molecule has 0 saturated carbocycles. The van der Waals surface area contributed by atoms with E-state index in [0.717, 1.165) is 0 Å². The minimum Gasteiger partial charge on any atom is -0.382 e. The highest BCUT2D eigenvalue weighted by molar-refractivity contribution is 5.28. The highest BCUT2D eigenvalue weighted by Crippen LogP contribution is 2.40. The maximum Gasteiger partial charge on any atom is 0.398 e. The van der Waals surface area contributed by atoms with E-state index in [2.05, 4.69) is 4.98 Å². The largest absolute Gasteiger partial charge is 0.398 e. The number of halogens is 3. The lowest BCUT2D eigenvalue weighted by Crippen LogP contribution is -2.27. The molecule has 2 heterocycles. The predicted octanol–water partition coefficient (Wildman–Crippen LogP) is 1.91. The molecule has 1 aromatic heterocycles. The van der Waals surface area contributed by atoms with Crippen LogP contribution in [0.25, 0.3) is 0 Å². The lowest BCUT2D eigenvalue weighted by Gasteiger charge is -2.24. The van der Waals surface area contributed by atoms with E-state index < -0.39 is 12.1 Å². The van der Waals surface area contributed by atoms with E-state index in [1.165, 1.54) is 10.8 Å². The Bertz CT molecular complexity index is 342. The van der Waals surface area contributed by atoms with Gasteiger partial charge in [-0.3, -0.25) is 0 Å². The fourth-order valence-electron chi connectivity index (χ4n) is 1.81. The molecular weight excluding hydrogens is 195 g/mol. The van der Waals surface area contributed by atoms with Crippen molar-refractivity contribution < 1.29 is 13.2 Å². The molecule has 3 nitrogen and oxygen atoms in total. The zero-order valence-electron chi connectivity index (χ0n) is 7.38. The zero-order valence-corrected chi connectivity index (χ0v) is 7.38. The molecule has 0 fully saturated rings. The number of rotatable bonds is 0. The van der Waals surface area contributed by atoms with Crippen molar-refractivity contribution in [1.82, 2.24) is 9.55 Å². The van der Waals surface area contributed by atoms with E-state index in [4.69, 9.17) is 5.73 Å². The fraction of sp³-hybridized carbons (Fsp3) is 0.625. The first kappa shape index (κ1) is 9.36. The molecule has 14 heavy (non-hydrogen) atoms. The summed E-state index contributed by atoms with van der Waals surface area (Å²) in [5.74, 6) is -1.23. The van der Waals surface area contributed by atoms with Crippen molar-refractivity contribution >= 4 is 5.82 Å². The van der Waals surface area contributed by atoms with Crippen LogP contribution in [0.15, 0.2) is 6.20 Å². The highest BCUT2D eigenvalue weighted by Gasteiger charge is 2.44. The Balaban J connectivity index is 2.40. The van der Waals surface area contributed by atoms with Crippen LogP contribution in [0.1, 0.15) is 24.6 Å². The van der Waals surface area contributed by atoms with Crippen molar-refractivity contribution in [3.63, 3.8) is 0 Å². The molecule has 1 aliphatic heterocycles. The Kier molecular flexibility index (Phi) is 1.94. The summed E-state index contributed by atoms with van der Waals surface area (Å²) in [5.41, 5.74) is 5.36. The molecule has 0 aromatic carbocycles. The Labute approximate surface area is 78.7 Å². The number of nitrogen functional groups attached to an aromatic ring is 1. The molecule has 2 N–H and O–H groups in total. The number of aromatic nitrogens is 2. The third kappa shape index (κ3) is 1.44. The lowest BCUT2D eigenvalue weighted by molar-refractivity contribution is -0.156. The van der Waals surface area contributed by atoms with Crippen LogP contribution in [-0.2, 0) is 6.54 Å². The highest BCUT2D eigenvalue weighted by atomic mass is 19.4. The molecule has 6 heteroatoms. The molecule has 1 aliphatic rings. The first-order valence-corrected chi connectivity index (χ1v) is 4.38. The summed E-state index contributed by atoms with van der Waals surface area (Å²) in [6.07, 6.45) is -2.11. The lowest BCUT2D eigenvalue weighted by atomic mass is 9.98. The molecule has 78 valence electrons. The van der Waals surface area contributed by atoms with Gasteiger partial charge in [0.05, 0.1) is 0 Å². The van der Waals surface area contributed by atoms with Crippen molar-refractivity contribution in [3.05, 3.63) is 12.0 Å². The number of alkyl halides is 3. The van der Waals surface area contributed by atoms with Crippen LogP contribution in [-0.4, -0.2) is 15.7 Å². The summed E-state index contributed by atoms with van der Waals surface area (Å²) < 4.78 is 39.1. The number of nitrogens with two attached hydrogens (primary N) is 1. The topological polar surface area (TPSA) is 43.8 Å². The second kappa shape index (κ2) is 2.90. The number of nitrogens with zero attached hydrogens (tertiary/aromatic N) is 2. The van der Waals surface area contributed by atoms with Crippen LogP contribution >= 0.6 is 0 Å². The van der Waals surface area contributed by atoms with Gasteiger partial charge in [-0.15, -0.1) is 0 Å². The van der Waals surface area contributed by atoms with E-state index in [1.807, 2.05) is 0 Å². The van der Waals surface area contributed by atoms with Crippen molar-refractivity contribution in [1.29, 1.82) is 0 Å². The third-order valence-electron chi connectivity index (χ3n) is 2.42. The molecule has 2 rings (SSSR count). The number of anilines is 1. The van der Waals surface area contributed by atoms with Crippen LogP contribution in [0.4, 0.5) is 19.0 Å². The van der Waals surface area contributed by atoms with Gasteiger partial charge in [0.2, 0.25) is 0 Å². The van der Waals surface area contributed by atoms with Gasteiger partial charge in [-0.05, 0) is 12.8 Å². The van der Waals surface area contributed by atoms with Crippen LogP contribution in [0.3, 0.4) is 0 Å². The molecule has 0 unspecified atom stereocenters. The van der Waals surface area contributed by atoms with E-state index in [0.29, 0.717) is 13.0 Å². The Morgan fingerprint density at radius 2 is 2.21 bits per heavy atom. The van der Waals surface area contributed by atoms with Crippen LogP contribution in [0, 0.1) is 0 Å². The predicted molar refractivity (Wildman–Crippen MR) is 44.7 cm³/mol. The number of hydrogen-bond donors (Lipinski definition) is 1. The third-order valence-corrected chi connectivity index (χ3v) is 2.42. The van der Waals surface area contributed by atoms with Crippen LogP contribution in [0.2, 0.25) is 0 Å². The number of imidazole rings is 1. The SMILES string of the molecule is Nc1cn2c(n1)[C@@H](C(F)(F)F)CCC2. The number of hydrogen-bond acceptors (Lipinski definition) is 2. The Hall–Kier alpha value is -1.20. The minimum absolute atomic E-state index is 0.0567.